The highest BCUT2D eigenvalue weighted by Gasteiger charge is 2.35. The van der Waals surface area contributed by atoms with Crippen molar-refractivity contribution in [3.8, 4) is 0 Å². The number of nitrogens with one attached hydrogen (secondary N) is 2. The number of benzene rings is 1. The molecule has 0 aliphatic heterocycles. The maximum atomic E-state index is 4.41. The molecule has 1 saturated carbocycles. The molecule has 0 radical (unpaired) electrons. The molecule has 2 aromatic heterocycles. The van der Waals surface area contributed by atoms with E-state index in [2.05, 4.69) is 57.0 Å². The van der Waals surface area contributed by atoms with Crippen LogP contribution < -0.4 is 10.6 Å². The molecule has 0 spiro atoms. The molecule has 2 heterocycles. The van der Waals surface area contributed by atoms with Crippen molar-refractivity contribution in [3.63, 3.8) is 0 Å². The van der Waals surface area contributed by atoms with Gasteiger partial charge in [0.15, 0.2) is 17.4 Å². The highest BCUT2D eigenvalue weighted by molar-refractivity contribution is 5.79. The molecule has 0 atom stereocenters. The van der Waals surface area contributed by atoms with Crippen LogP contribution in [0.4, 0.5) is 0 Å². The van der Waals surface area contributed by atoms with Gasteiger partial charge in [-0.3, -0.25) is 9.39 Å². The minimum absolute atomic E-state index is 0.186. The number of aromatic nitrogens is 3. The highest BCUT2D eigenvalue weighted by atomic mass is 15.3. The van der Waals surface area contributed by atoms with Gasteiger partial charge in [0.05, 0.1) is 6.54 Å². The highest BCUT2D eigenvalue weighted by Crippen LogP contribution is 2.40. The number of hydrogen-bond donors (Lipinski definition) is 2. The van der Waals surface area contributed by atoms with E-state index >= 15 is 0 Å². The molecule has 6 nitrogen and oxygen atoms in total. The van der Waals surface area contributed by atoms with Gasteiger partial charge in [0.1, 0.15) is 0 Å². The van der Waals surface area contributed by atoms with E-state index in [1.807, 2.05) is 35.8 Å². The number of hydrogen-bond acceptors (Lipinski definition) is 3. The molecule has 2 N–H and O–H groups in total. The topological polar surface area (TPSA) is 66.6 Å². The van der Waals surface area contributed by atoms with Gasteiger partial charge in [-0.2, -0.15) is 0 Å². The average Bonchev–Trinajstić information content (AvgIpc) is 3.36. The van der Waals surface area contributed by atoms with Gasteiger partial charge in [-0.25, -0.2) is 0 Å². The number of nitrogens with zero attached hydrogens (tertiary/aromatic N) is 4. The summed E-state index contributed by atoms with van der Waals surface area (Å²) >= 11 is 0. The summed E-state index contributed by atoms with van der Waals surface area (Å²) in [7, 11) is 1.81. The second-order valence-corrected chi connectivity index (χ2v) is 7.68. The van der Waals surface area contributed by atoms with Crippen molar-refractivity contribution in [2.24, 2.45) is 4.99 Å². The minimum Gasteiger partial charge on any atom is -0.356 e. The third kappa shape index (κ3) is 3.72. The third-order valence-electron chi connectivity index (χ3n) is 5.81. The van der Waals surface area contributed by atoms with Crippen LogP contribution in [0.5, 0.6) is 0 Å². The fraction of sp³-hybridized carbons (Fsp3) is 0.409. The van der Waals surface area contributed by atoms with Crippen LogP contribution >= 0.6 is 0 Å². The number of pyridine rings is 1. The summed E-state index contributed by atoms with van der Waals surface area (Å²) in [6.45, 7) is 3.63. The Morgan fingerprint density at radius 1 is 1.11 bits per heavy atom. The first kappa shape index (κ1) is 18.5. The zero-order chi connectivity index (χ0) is 19.4. The first-order chi connectivity index (χ1) is 13.7. The largest absolute Gasteiger partial charge is 0.356 e. The Balaban J connectivity index is 1.43. The summed E-state index contributed by atoms with van der Waals surface area (Å²) < 4.78 is 1.99. The summed E-state index contributed by atoms with van der Waals surface area (Å²) in [6.07, 6.45) is 6.99. The zero-order valence-electron chi connectivity index (χ0n) is 16.7. The van der Waals surface area contributed by atoms with E-state index in [0.717, 1.165) is 24.0 Å². The fourth-order valence-corrected chi connectivity index (χ4v) is 4.24. The Morgan fingerprint density at radius 3 is 2.75 bits per heavy atom. The minimum atomic E-state index is 0.186. The van der Waals surface area contributed by atoms with Gasteiger partial charge in [-0.15, -0.1) is 10.2 Å². The Labute approximate surface area is 166 Å². The van der Waals surface area contributed by atoms with Crippen molar-refractivity contribution in [1.29, 1.82) is 0 Å². The van der Waals surface area contributed by atoms with Gasteiger partial charge in [0, 0.05) is 25.2 Å². The monoisotopic (exact) mass is 376 g/mol. The fourth-order valence-electron chi connectivity index (χ4n) is 4.24. The van der Waals surface area contributed by atoms with Crippen LogP contribution in [0.2, 0.25) is 0 Å². The molecule has 1 aliphatic carbocycles. The van der Waals surface area contributed by atoms with Crippen LogP contribution in [0, 0.1) is 6.92 Å². The number of aliphatic imine (C=N–C) groups is 1. The maximum Gasteiger partial charge on any atom is 0.191 e. The quantitative estimate of drug-likeness (QED) is 0.530. The zero-order valence-corrected chi connectivity index (χ0v) is 16.7. The molecule has 0 bridgehead atoms. The maximum absolute atomic E-state index is 4.41. The predicted molar refractivity (Wildman–Crippen MR) is 113 cm³/mol. The summed E-state index contributed by atoms with van der Waals surface area (Å²) in [5.74, 6) is 1.67. The normalized spacial score (nSPS) is 16.4. The molecule has 0 amide bonds. The van der Waals surface area contributed by atoms with Crippen LogP contribution in [0.3, 0.4) is 0 Å². The lowest BCUT2D eigenvalue weighted by molar-refractivity contribution is 0.431. The molecule has 1 aliphatic rings. The molecule has 146 valence electrons. The lowest BCUT2D eigenvalue weighted by atomic mass is 9.78. The first-order valence-corrected chi connectivity index (χ1v) is 10.0. The van der Waals surface area contributed by atoms with Crippen LogP contribution in [-0.4, -0.2) is 34.2 Å². The van der Waals surface area contributed by atoms with E-state index in [1.165, 1.54) is 36.8 Å². The van der Waals surface area contributed by atoms with Gasteiger partial charge in [0.25, 0.3) is 0 Å². The van der Waals surface area contributed by atoms with Crippen LogP contribution in [0.1, 0.15) is 42.6 Å². The van der Waals surface area contributed by atoms with Gasteiger partial charge in [-0.1, -0.05) is 48.7 Å². The van der Waals surface area contributed by atoms with E-state index < -0.39 is 0 Å². The Kier molecular flexibility index (Phi) is 5.28. The van der Waals surface area contributed by atoms with E-state index in [0.29, 0.717) is 6.54 Å². The molecule has 0 saturated heterocycles. The Bertz CT molecular complexity index is 968. The van der Waals surface area contributed by atoms with Crippen molar-refractivity contribution in [2.45, 2.75) is 44.6 Å². The average molecular weight is 377 g/mol. The van der Waals surface area contributed by atoms with Crippen molar-refractivity contribution < 1.29 is 0 Å². The SMILES string of the molecule is CN=C(NCc1nnc2ccccn12)NCC1(c2cccc(C)c2)CCCC1. The van der Waals surface area contributed by atoms with Gasteiger partial charge in [-0.05, 0) is 37.5 Å². The van der Waals surface area contributed by atoms with E-state index in [-0.39, 0.29) is 5.41 Å². The van der Waals surface area contributed by atoms with Crippen molar-refractivity contribution in [2.75, 3.05) is 13.6 Å². The summed E-state index contributed by atoms with van der Waals surface area (Å²) in [6, 6.07) is 14.9. The standard InChI is InChI=1S/C22H28N6/c1-17-8-7-9-18(14-17)22(11-4-5-12-22)16-25-21(23-2)24-15-20-27-26-19-10-3-6-13-28(19)20/h3,6-10,13-14H,4-5,11-12,15-16H2,1-2H3,(H2,23,24,25). The molecule has 1 fully saturated rings. The van der Waals surface area contributed by atoms with Crippen LogP contribution in [0.15, 0.2) is 53.7 Å². The number of fused-ring (bicyclic) bond motifs is 1. The lowest BCUT2D eigenvalue weighted by Gasteiger charge is -2.31. The molecule has 28 heavy (non-hydrogen) atoms. The predicted octanol–water partition coefficient (Wildman–Crippen LogP) is 3.21. The van der Waals surface area contributed by atoms with Crippen molar-refractivity contribution >= 4 is 11.6 Å². The smallest absolute Gasteiger partial charge is 0.191 e. The van der Waals surface area contributed by atoms with E-state index in [9.17, 15) is 0 Å². The van der Waals surface area contributed by atoms with Gasteiger partial charge in [0.2, 0.25) is 0 Å². The van der Waals surface area contributed by atoms with Crippen LogP contribution in [-0.2, 0) is 12.0 Å². The molecule has 0 unspecified atom stereocenters. The Morgan fingerprint density at radius 2 is 1.96 bits per heavy atom. The summed E-state index contributed by atoms with van der Waals surface area (Å²) in [5.41, 5.74) is 3.80. The lowest BCUT2D eigenvalue weighted by Crippen LogP contribution is -2.44. The second kappa shape index (κ2) is 8.00. The van der Waals surface area contributed by atoms with E-state index in [1.54, 1.807) is 0 Å². The number of aryl methyl sites for hydroxylation is 1. The molecule has 6 heteroatoms. The molecular weight excluding hydrogens is 348 g/mol. The van der Waals surface area contributed by atoms with Crippen molar-refractivity contribution in [1.82, 2.24) is 25.2 Å². The molecular formula is C22H28N6. The van der Waals surface area contributed by atoms with E-state index in [4.69, 9.17) is 0 Å². The Hall–Kier alpha value is -2.89. The number of rotatable bonds is 5. The third-order valence-corrected chi connectivity index (χ3v) is 5.81. The van der Waals surface area contributed by atoms with Gasteiger partial charge < -0.3 is 10.6 Å². The summed E-state index contributed by atoms with van der Waals surface area (Å²) in [5, 5.41) is 15.4. The summed E-state index contributed by atoms with van der Waals surface area (Å²) in [4.78, 5) is 4.41. The van der Waals surface area contributed by atoms with Crippen LogP contribution in [0.25, 0.3) is 5.65 Å². The molecule has 3 aromatic rings. The molecule has 1 aromatic carbocycles. The second-order valence-electron chi connectivity index (χ2n) is 7.68. The van der Waals surface area contributed by atoms with Crippen molar-refractivity contribution in [3.05, 3.63) is 65.6 Å². The molecule has 4 rings (SSSR count). The first-order valence-electron chi connectivity index (χ1n) is 10.0. The van der Waals surface area contributed by atoms with Gasteiger partial charge >= 0.3 is 0 Å². The number of guanidine groups is 1.